The van der Waals surface area contributed by atoms with Crippen LogP contribution in [0.1, 0.15) is 63.0 Å². The lowest BCUT2D eigenvalue weighted by Gasteiger charge is -2.39. The Morgan fingerprint density at radius 1 is 1.14 bits per heavy atom. The number of aliphatic imine (C=N–C) groups is 1. The lowest BCUT2D eigenvalue weighted by atomic mass is 9.68. The van der Waals surface area contributed by atoms with E-state index in [0.717, 1.165) is 38.5 Å². The first kappa shape index (κ1) is 22.1. The molecule has 0 aromatic heterocycles. The van der Waals surface area contributed by atoms with Gasteiger partial charge in [-0.05, 0) is 50.7 Å². The molecular weight excluding hydrogens is 362 g/mol. The molecule has 1 heterocycles. The number of hydrogen-bond donors (Lipinski definition) is 3. The summed E-state index contributed by atoms with van der Waals surface area (Å²) in [6, 6.07) is 8.87. The molecule has 0 bridgehead atoms. The van der Waals surface area contributed by atoms with Crippen molar-refractivity contribution >= 4 is 5.96 Å². The van der Waals surface area contributed by atoms with Crippen molar-refractivity contribution in [2.45, 2.75) is 64.2 Å². The molecular formula is C24H39N3O2. The minimum Gasteiger partial charge on any atom is -0.396 e. The van der Waals surface area contributed by atoms with Crippen molar-refractivity contribution in [1.29, 1.82) is 0 Å². The zero-order valence-corrected chi connectivity index (χ0v) is 18.3. The molecule has 1 aliphatic heterocycles. The third-order valence-electron chi connectivity index (χ3n) is 6.87. The quantitative estimate of drug-likeness (QED) is 0.460. The Bertz CT molecular complexity index is 662. The van der Waals surface area contributed by atoms with Crippen LogP contribution in [0.4, 0.5) is 0 Å². The van der Waals surface area contributed by atoms with Gasteiger partial charge in [0.1, 0.15) is 0 Å². The first-order chi connectivity index (χ1) is 14.1. The van der Waals surface area contributed by atoms with Crippen LogP contribution in [0.5, 0.6) is 0 Å². The van der Waals surface area contributed by atoms with E-state index in [2.05, 4.69) is 48.7 Å². The Balaban J connectivity index is 1.74. The fraction of sp³-hybridized carbons (Fsp3) is 0.708. The van der Waals surface area contributed by atoms with E-state index in [-0.39, 0.29) is 17.4 Å². The van der Waals surface area contributed by atoms with Gasteiger partial charge in [0, 0.05) is 37.1 Å². The molecule has 2 fully saturated rings. The summed E-state index contributed by atoms with van der Waals surface area (Å²) in [5, 5.41) is 16.6. The van der Waals surface area contributed by atoms with Crippen LogP contribution in [-0.4, -0.2) is 50.5 Å². The largest absolute Gasteiger partial charge is 0.396 e. The predicted molar refractivity (Wildman–Crippen MR) is 119 cm³/mol. The molecule has 1 atom stereocenters. The number of rotatable bonds is 8. The van der Waals surface area contributed by atoms with Crippen LogP contribution in [0.15, 0.2) is 29.3 Å². The maximum Gasteiger partial charge on any atom is 0.191 e. The van der Waals surface area contributed by atoms with E-state index in [1.54, 1.807) is 0 Å². The highest BCUT2D eigenvalue weighted by molar-refractivity contribution is 5.80. The molecule has 1 unspecified atom stereocenters. The van der Waals surface area contributed by atoms with Gasteiger partial charge >= 0.3 is 0 Å². The third-order valence-corrected chi connectivity index (χ3v) is 6.87. The molecule has 1 aromatic carbocycles. The predicted octanol–water partition coefficient (Wildman–Crippen LogP) is 3.54. The van der Waals surface area contributed by atoms with Gasteiger partial charge in [-0.1, -0.05) is 43.5 Å². The first-order valence-corrected chi connectivity index (χ1v) is 11.4. The van der Waals surface area contributed by atoms with Gasteiger partial charge < -0.3 is 20.5 Å². The zero-order valence-electron chi connectivity index (χ0n) is 18.3. The van der Waals surface area contributed by atoms with E-state index < -0.39 is 0 Å². The summed E-state index contributed by atoms with van der Waals surface area (Å²) < 4.78 is 5.63. The third kappa shape index (κ3) is 5.52. The van der Waals surface area contributed by atoms with Crippen LogP contribution < -0.4 is 10.6 Å². The monoisotopic (exact) mass is 401 g/mol. The molecule has 162 valence electrons. The molecule has 0 amide bonds. The summed E-state index contributed by atoms with van der Waals surface area (Å²) in [5.41, 5.74) is 3.04. The molecule has 1 saturated carbocycles. The smallest absolute Gasteiger partial charge is 0.191 e. The number of hydrogen-bond acceptors (Lipinski definition) is 3. The lowest BCUT2D eigenvalue weighted by Crippen LogP contribution is -2.47. The Morgan fingerprint density at radius 2 is 1.93 bits per heavy atom. The van der Waals surface area contributed by atoms with Crippen LogP contribution in [0.25, 0.3) is 0 Å². The number of benzene rings is 1. The van der Waals surface area contributed by atoms with E-state index >= 15 is 0 Å². The average Bonchev–Trinajstić information content (AvgIpc) is 3.20. The van der Waals surface area contributed by atoms with E-state index in [1.807, 2.05) is 0 Å². The molecule has 5 heteroatoms. The lowest BCUT2D eigenvalue weighted by molar-refractivity contribution is 0.131. The van der Waals surface area contributed by atoms with Gasteiger partial charge in [-0.3, -0.25) is 4.99 Å². The highest BCUT2D eigenvalue weighted by Crippen LogP contribution is 2.40. The van der Waals surface area contributed by atoms with Crippen LogP contribution in [0.2, 0.25) is 0 Å². The normalized spacial score (nSPS) is 24.4. The molecule has 1 saturated heterocycles. The number of aryl methyl sites for hydroxylation is 1. The fourth-order valence-corrected chi connectivity index (χ4v) is 5.07. The Kier molecular flexibility index (Phi) is 7.96. The van der Waals surface area contributed by atoms with E-state index in [4.69, 9.17) is 9.73 Å². The Hall–Kier alpha value is -1.59. The number of nitrogens with one attached hydrogen (secondary N) is 2. The highest BCUT2D eigenvalue weighted by Gasteiger charge is 2.36. The van der Waals surface area contributed by atoms with Gasteiger partial charge in [0.25, 0.3) is 0 Å². The molecule has 29 heavy (non-hydrogen) atoms. The highest BCUT2D eigenvalue weighted by atomic mass is 16.5. The van der Waals surface area contributed by atoms with Gasteiger partial charge in [-0.15, -0.1) is 0 Å². The Morgan fingerprint density at radius 3 is 2.59 bits per heavy atom. The molecule has 0 radical (unpaired) electrons. The summed E-state index contributed by atoms with van der Waals surface area (Å²) in [6.45, 7) is 8.46. The topological polar surface area (TPSA) is 65.9 Å². The van der Waals surface area contributed by atoms with Gasteiger partial charge in [-0.2, -0.15) is 0 Å². The van der Waals surface area contributed by atoms with Crippen molar-refractivity contribution in [1.82, 2.24) is 10.6 Å². The van der Waals surface area contributed by atoms with Gasteiger partial charge in [0.15, 0.2) is 5.96 Å². The molecule has 1 aromatic rings. The summed E-state index contributed by atoms with van der Waals surface area (Å²) in [6.07, 6.45) is 8.11. The van der Waals surface area contributed by atoms with Gasteiger partial charge in [0.05, 0.1) is 13.2 Å². The molecule has 1 aliphatic carbocycles. The van der Waals surface area contributed by atoms with Crippen LogP contribution >= 0.6 is 0 Å². The second-order valence-corrected chi connectivity index (χ2v) is 8.98. The zero-order chi connectivity index (χ0) is 20.6. The molecule has 2 aliphatic rings. The Labute approximate surface area is 176 Å². The van der Waals surface area contributed by atoms with Crippen LogP contribution in [0.3, 0.4) is 0 Å². The first-order valence-electron chi connectivity index (χ1n) is 11.4. The minimum atomic E-state index is -0.0182. The molecule has 0 spiro atoms. The van der Waals surface area contributed by atoms with Crippen molar-refractivity contribution in [3.63, 3.8) is 0 Å². The number of aliphatic hydroxyl groups is 1. The van der Waals surface area contributed by atoms with E-state index in [9.17, 15) is 5.11 Å². The number of nitrogens with zero attached hydrogens (tertiary/aromatic N) is 1. The molecule has 3 N–H and O–H groups in total. The van der Waals surface area contributed by atoms with Gasteiger partial charge in [0.2, 0.25) is 0 Å². The summed E-state index contributed by atoms with van der Waals surface area (Å²) in [4.78, 5) is 4.92. The second kappa shape index (κ2) is 10.4. The van der Waals surface area contributed by atoms with Crippen molar-refractivity contribution in [2.24, 2.45) is 10.4 Å². The number of ether oxygens (including phenoxy) is 1. The second-order valence-electron chi connectivity index (χ2n) is 8.98. The SMILES string of the molecule is CCNC(=NCC1(CCO)CCOC1)NCC1(c2ccccc2C)CCCCC1. The summed E-state index contributed by atoms with van der Waals surface area (Å²) in [5.74, 6) is 0.884. The van der Waals surface area contributed by atoms with E-state index in [1.165, 1.54) is 43.2 Å². The fourth-order valence-electron chi connectivity index (χ4n) is 5.07. The van der Waals surface area contributed by atoms with Crippen LogP contribution in [-0.2, 0) is 10.2 Å². The van der Waals surface area contributed by atoms with Gasteiger partial charge in [-0.25, -0.2) is 0 Å². The summed E-state index contributed by atoms with van der Waals surface area (Å²) in [7, 11) is 0. The minimum absolute atomic E-state index is 0.0182. The van der Waals surface area contributed by atoms with Crippen molar-refractivity contribution < 1.29 is 9.84 Å². The number of guanidine groups is 1. The maximum atomic E-state index is 9.48. The number of aliphatic hydroxyl groups excluding tert-OH is 1. The average molecular weight is 402 g/mol. The maximum absolute atomic E-state index is 9.48. The van der Waals surface area contributed by atoms with Crippen molar-refractivity contribution in [3.05, 3.63) is 35.4 Å². The van der Waals surface area contributed by atoms with Crippen molar-refractivity contribution in [2.75, 3.05) is 39.5 Å². The van der Waals surface area contributed by atoms with Crippen molar-refractivity contribution in [3.8, 4) is 0 Å². The van der Waals surface area contributed by atoms with E-state index in [0.29, 0.717) is 13.2 Å². The standard InChI is InChI=1S/C24H39N3O2/c1-3-25-22(26-17-23(13-15-28)14-16-29-19-23)27-18-24(11-7-4-8-12-24)21-10-6-5-9-20(21)2/h5-6,9-10,28H,3-4,7-8,11-19H2,1-2H3,(H2,25,26,27). The molecule has 5 nitrogen and oxygen atoms in total. The van der Waals surface area contributed by atoms with Crippen LogP contribution in [0, 0.1) is 12.3 Å². The molecule has 3 rings (SSSR count). The summed E-state index contributed by atoms with van der Waals surface area (Å²) >= 11 is 0.